The number of thioether (sulfide) groups is 1. The van der Waals surface area contributed by atoms with Gasteiger partial charge in [-0.15, -0.1) is 10.2 Å². The first-order chi connectivity index (χ1) is 13.3. The van der Waals surface area contributed by atoms with E-state index < -0.39 is 0 Å². The van der Waals surface area contributed by atoms with Crippen molar-refractivity contribution in [3.63, 3.8) is 0 Å². The highest BCUT2D eigenvalue weighted by atomic mass is 32.2. The number of ether oxygens (including phenoxy) is 1. The number of carbonyl (C=O) groups excluding carboxylic acids is 1. The van der Waals surface area contributed by atoms with Crippen LogP contribution in [0.4, 0.5) is 0 Å². The Kier molecular flexibility index (Phi) is 7.01. The largest absolute Gasteiger partial charge is 0.383 e. The van der Waals surface area contributed by atoms with Gasteiger partial charge in [-0.05, 0) is 17.7 Å². The topological polar surface area (TPSA) is 69.0 Å². The summed E-state index contributed by atoms with van der Waals surface area (Å²) >= 11 is 1.38. The Morgan fingerprint density at radius 3 is 2.48 bits per heavy atom. The Hall–Kier alpha value is -2.64. The van der Waals surface area contributed by atoms with Gasteiger partial charge in [-0.2, -0.15) is 0 Å². The fraction of sp³-hybridized carbons (Fsp3) is 0.250. The van der Waals surface area contributed by atoms with Crippen molar-refractivity contribution >= 4 is 17.7 Å². The third-order valence-corrected chi connectivity index (χ3v) is 4.81. The van der Waals surface area contributed by atoms with Crippen LogP contribution >= 0.6 is 11.8 Å². The van der Waals surface area contributed by atoms with Crippen molar-refractivity contribution in [2.24, 2.45) is 0 Å². The number of benzene rings is 2. The Labute approximate surface area is 163 Å². The first kappa shape index (κ1) is 19.1. The highest BCUT2D eigenvalue weighted by Gasteiger charge is 2.16. The molecule has 0 fully saturated rings. The summed E-state index contributed by atoms with van der Waals surface area (Å²) in [5.41, 5.74) is 2.15. The fourth-order valence-corrected chi connectivity index (χ4v) is 3.40. The average molecular weight is 382 g/mol. The van der Waals surface area contributed by atoms with Crippen LogP contribution in [0.5, 0.6) is 0 Å². The zero-order valence-corrected chi connectivity index (χ0v) is 16.0. The Morgan fingerprint density at radius 1 is 1.07 bits per heavy atom. The maximum Gasteiger partial charge on any atom is 0.230 e. The monoisotopic (exact) mass is 382 g/mol. The van der Waals surface area contributed by atoms with Crippen LogP contribution in [-0.2, 0) is 16.0 Å². The predicted octanol–water partition coefficient (Wildman–Crippen LogP) is 2.71. The Bertz CT molecular complexity index is 853. The van der Waals surface area contributed by atoms with E-state index in [2.05, 4.69) is 27.6 Å². The van der Waals surface area contributed by atoms with Crippen molar-refractivity contribution in [1.82, 2.24) is 20.1 Å². The molecule has 0 unspecified atom stereocenters. The van der Waals surface area contributed by atoms with Crippen molar-refractivity contribution in [2.75, 3.05) is 26.0 Å². The molecule has 0 aliphatic rings. The molecule has 3 rings (SSSR count). The number of nitrogens with zero attached hydrogens (tertiary/aromatic N) is 3. The zero-order chi connectivity index (χ0) is 18.9. The maximum atomic E-state index is 12.0. The highest BCUT2D eigenvalue weighted by molar-refractivity contribution is 7.99. The van der Waals surface area contributed by atoms with Gasteiger partial charge in [0, 0.05) is 25.8 Å². The molecule has 1 amide bonds. The molecular weight excluding hydrogens is 360 g/mol. The van der Waals surface area contributed by atoms with Gasteiger partial charge < -0.3 is 10.1 Å². The lowest BCUT2D eigenvalue weighted by Gasteiger charge is -2.10. The number of para-hydroxylation sites is 1. The minimum atomic E-state index is -0.0516. The molecule has 1 heterocycles. The summed E-state index contributed by atoms with van der Waals surface area (Å²) in [6.07, 6.45) is 0.670. The second kappa shape index (κ2) is 9.89. The van der Waals surface area contributed by atoms with Crippen molar-refractivity contribution in [3.8, 4) is 5.69 Å². The molecule has 0 bridgehead atoms. The van der Waals surface area contributed by atoms with E-state index in [0.717, 1.165) is 17.1 Å². The van der Waals surface area contributed by atoms with Crippen molar-refractivity contribution in [3.05, 3.63) is 72.1 Å². The summed E-state index contributed by atoms with van der Waals surface area (Å²) < 4.78 is 6.96. The molecule has 1 aromatic heterocycles. The number of rotatable bonds is 9. The molecule has 0 radical (unpaired) electrons. The minimum absolute atomic E-state index is 0.0516. The lowest BCUT2D eigenvalue weighted by atomic mass is 10.1. The molecule has 27 heavy (non-hydrogen) atoms. The minimum Gasteiger partial charge on any atom is -0.383 e. The van der Waals surface area contributed by atoms with Gasteiger partial charge in [0.05, 0.1) is 12.4 Å². The molecule has 3 aromatic rings. The van der Waals surface area contributed by atoms with Crippen LogP contribution < -0.4 is 5.32 Å². The number of nitrogens with one attached hydrogen (secondary N) is 1. The van der Waals surface area contributed by atoms with Gasteiger partial charge in [-0.25, -0.2) is 0 Å². The van der Waals surface area contributed by atoms with Crippen molar-refractivity contribution in [1.29, 1.82) is 0 Å². The second-order valence-corrected chi connectivity index (χ2v) is 6.81. The third kappa shape index (κ3) is 5.42. The van der Waals surface area contributed by atoms with Crippen LogP contribution in [0.3, 0.4) is 0 Å². The molecule has 0 spiro atoms. The normalized spacial score (nSPS) is 10.7. The molecule has 6 nitrogen and oxygen atoms in total. The van der Waals surface area contributed by atoms with Crippen molar-refractivity contribution < 1.29 is 9.53 Å². The molecule has 1 N–H and O–H groups in total. The van der Waals surface area contributed by atoms with Crippen LogP contribution in [0.1, 0.15) is 11.4 Å². The maximum absolute atomic E-state index is 12.0. The Morgan fingerprint density at radius 2 is 1.78 bits per heavy atom. The van der Waals surface area contributed by atoms with Crippen molar-refractivity contribution in [2.45, 2.75) is 11.6 Å². The second-order valence-electron chi connectivity index (χ2n) is 5.86. The van der Waals surface area contributed by atoms with Crippen LogP contribution in [0.25, 0.3) is 5.69 Å². The molecule has 0 saturated heterocycles. The van der Waals surface area contributed by atoms with Crippen LogP contribution in [-0.4, -0.2) is 46.7 Å². The molecule has 0 atom stereocenters. The summed E-state index contributed by atoms with van der Waals surface area (Å²) in [5, 5.41) is 12.2. The standard InChI is InChI=1S/C20H22N4O2S/c1-26-13-12-21-19(25)15-27-20-23-22-18(14-16-8-4-2-5-9-16)24(20)17-10-6-3-7-11-17/h2-11H,12-15H2,1H3,(H,21,25). The Balaban J connectivity index is 1.78. The molecule has 0 aliphatic carbocycles. The summed E-state index contributed by atoms with van der Waals surface area (Å²) in [5.74, 6) is 1.07. The van der Waals surface area contributed by atoms with E-state index in [1.807, 2.05) is 53.1 Å². The van der Waals surface area contributed by atoms with Gasteiger partial charge in [-0.1, -0.05) is 60.3 Å². The summed E-state index contributed by atoms with van der Waals surface area (Å²) in [6.45, 7) is 0.998. The van der Waals surface area contributed by atoms with E-state index in [4.69, 9.17) is 4.74 Å². The van der Waals surface area contributed by atoms with Gasteiger partial charge in [-0.3, -0.25) is 9.36 Å². The summed E-state index contributed by atoms with van der Waals surface area (Å²) in [6, 6.07) is 20.1. The number of hydrogen-bond donors (Lipinski definition) is 1. The van der Waals surface area contributed by atoms with E-state index in [-0.39, 0.29) is 11.7 Å². The predicted molar refractivity (Wildman–Crippen MR) is 106 cm³/mol. The smallest absolute Gasteiger partial charge is 0.230 e. The van der Waals surface area contributed by atoms with Gasteiger partial charge >= 0.3 is 0 Å². The van der Waals surface area contributed by atoms with Gasteiger partial charge in [0.25, 0.3) is 0 Å². The quantitative estimate of drug-likeness (QED) is 0.455. The van der Waals surface area contributed by atoms with E-state index >= 15 is 0 Å². The number of hydrogen-bond acceptors (Lipinski definition) is 5. The third-order valence-electron chi connectivity index (χ3n) is 3.88. The van der Waals surface area contributed by atoms with Gasteiger partial charge in [0.1, 0.15) is 5.82 Å². The van der Waals surface area contributed by atoms with Crippen LogP contribution in [0.15, 0.2) is 65.8 Å². The van der Waals surface area contributed by atoms with E-state index in [0.29, 0.717) is 24.7 Å². The first-order valence-corrected chi connectivity index (χ1v) is 9.68. The lowest BCUT2D eigenvalue weighted by molar-refractivity contribution is -0.118. The number of carbonyl (C=O) groups is 1. The first-order valence-electron chi connectivity index (χ1n) is 8.70. The SMILES string of the molecule is COCCNC(=O)CSc1nnc(Cc2ccccc2)n1-c1ccccc1. The number of methoxy groups -OCH3 is 1. The highest BCUT2D eigenvalue weighted by Crippen LogP contribution is 2.23. The van der Waals surface area contributed by atoms with Crippen LogP contribution in [0.2, 0.25) is 0 Å². The molecule has 0 saturated carbocycles. The van der Waals surface area contributed by atoms with Gasteiger partial charge in [0.15, 0.2) is 5.16 Å². The molecular formula is C20H22N4O2S. The zero-order valence-electron chi connectivity index (χ0n) is 15.2. The lowest BCUT2D eigenvalue weighted by Crippen LogP contribution is -2.28. The summed E-state index contributed by atoms with van der Waals surface area (Å²) in [4.78, 5) is 12.0. The number of aromatic nitrogens is 3. The number of amides is 1. The van der Waals surface area contributed by atoms with E-state index in [9.17, 15) is 4.79 Å². The molecule has 7 heteroatoms. The van der Waals surface area contributed by atoms with Gasteiger partial charge in [0.2, 0.25) is 5.91 Å². The van der Waals surface area contributed by atoms with Crippen LogP contribution in [0, 0.1) is 0 Å². The average Bonchev–Trinajstić information content (AvgIpc) is 3.10. The molecule has 0 aliphatic heterocycles. The molecule has 2 aromatic carbocycles. The molecule has 140 valence electrons. The van der Waals surface area contributed by atoms with E-state index in [1.54, 1.807) is 7.11 Å². The van der Waals surface area contributed by atoms with E-state index in [1.165, 1.54) is 11.8 Å². The fourth-order valence-electron chi connectivity index (χ4n) is 2.60. The summed E-state index contributed by atoms with van der Waals surface area (Å²) in [7, 11) is 1.61.